The lowest BCUT2D eigenvalue weighted by Crippen LogP contribution is -1.89. The van der Waals surface area contributed by atoms with Crippen molar-refractivity contribution in [1.29, 1.82) is 0 Å². The van der Waals surface area contributed by atoms with E-state index in [2.05, 4.69) is 9.98 Å². The highest BCUT2D eigenvalue weighted by atomic mass is 16.3. The van der Waals surface area contributed by atoms with Crippen molar-refractivity contribution in [2.45, 2.75) is 19.3 Å². The molecule has 0 aliphatic heterocycles. The number of nitrogens with zero attached hydrogens (tertiary/aromatic N) is 2. The Hall–Kier alpha value is -2.88. The van der Waals surface area contributed by atoms with E-state index in [9.17, 15) is 9.59 Å². The molecule has 0 unspecified atom stereocenters. The Morgan fingerprint density at radius 2 is 1.12 bits per heavy atom. The molecule has 0 aromatic heterocycles. The van der Waals surface area contributed by atoms with Gasteiger partial charge in [-0.25, -0.2) is 9.59 Å². The van der Waals surface area contributed by atoms with Gasteiger partial charge in [-0.05, 0) is 36.1 Å². The van der Waals surface area contributed by atoms with Crippen LogP contribution < -0.4 is 0 Å². The fourth-order valence-corrected chi connectivity index (χ4v) is 2.07. The van der Waals surface area contributed by atoms with Gasteiger partial charge < -0.3 is 10.2 Å². The SMILES string of the molecule is O=C=Nc1ccccc1Cc1ccccc1N=C=O.OCCCCO. The number of para-hydroxylation sites is 2. The van der Waals surface area contributed by atoms with E-state index in [0.717, 1.165) is 24.0 Å². The molecule has 130 valence electrons. The van der Waals surface area contributed by atoms with Crippen molar-refractivity contribution in [3.8, 4) is 0 Å². The summed E-state index contributed by atoms with van der Waals surface area (Å²) in [6, 6.07) is 14.6. The molecule has 0 radical (unpaired) electrons. The van der Waals surface area contributed by atoms with E-state index in [1.807, 2.05) is 24.3 Å². The molecule has 0 spiro atoms. The number of unbranched alkanes of at least 4 members (excludes halogenated alkanes) is 1. The molecule has 0 aliphatic carbocycles. The minimum atomic E-state index is 0.195. The Morgan fingerprint density at radius 1 is 0.720 bits per heavy atom. The summed E-state index contributed by atoms with van der Waals surface area (Å²) in [5.74, 6) is 0. The predicted octanol–water partition coefficient (Wildman–Crippen LogP) is 2.96. The van der Waals surface area contributed by atoms with E-state index in [-0.39, 0.29) is 13.2 Å². The van der Waals surface area contributed by atoms with Gasteiger partial charge in [0.05, 0.1) is 11.4 Å². The van der Waals surface area contributed by atoms with Gasteiger partial charge in [-0.2, -0.15) is 9.98 Å². The molecule has 0 fully saturated rings. The topological polar surface area (TPSA) is 99.3 Å². The zero-order valence-electron chi connectivity index (χ0n) is 13.8. The van der Waals surface area contributed by atoms with Crippen molar-refractivity contribution >= 4 is 23.5 Å². The van der Waals surface area contributed by atoms with Crippen molar-refractivity contribution < 1.29 is 19.8 Å². The van der Waals surface area contributed by atoms with Crippen molar-refractivity contribution in [3.05, 3.63) is 59.7 Å². The maximum absolute atomic E-state index is 10.4. The molecule has 6 nitrogen and oxygen atoms in total. The zero-order chi connectivity index (χ0) is 18.3. The van der Waals surface area contributed by atoms with E-state index >= 15 is 0 Å². The molecule has 0 bridgehead atoms. The molecular weight excluding hydrogens is 320 g/mol. The lowest BCUT2D eigenvalue weighted by Gasteiger charge is -2.06. The number of aliphatic imine (C=N–C) groups is 2. The summed E-state index contributed by atoms with van der Waals surface area (Å²) in [7, 11) is 0. The maximum Gasteiger partial charge on any atom is 0.240 e. The van der Waals surface area contributed by atoms with Crippen molar-refractivity contribution in [3.63, 3.8) is 0 Å². The van der Waals surface area contributed by atoms with Crippen LogP contribution in [-0.4, -0.2) is 35.6 Å². The van der Waals surface area contributed by atoms with Gasteiger partial charge >= 0.3 is 0 Å². The minimum absolute atomic E-state index is 0.195. The minimum Gasteiger partial charge on any atom is -0.396 e. The Bertz CT molecular complexity index is 685. The van der Waals surface area contributed by atoms with Crippen LogP contribution in [0.25, 0.3) is 0 Å². The summed E-state index contributed by atoms with van der Waals surface area (Å²) in [4.78, 5) is 28.1. The molecule has 0 saturated carbocycles. The van der Waals surface area contributed by atoms with Gasteiger partial charge in [0.25, 0.3) is 0 Å². The molecule has 0 amide bonds. The van der Waals surface area contributed by atoms with Crippen LogP contribution in [0.1, 0.15) is 24.0 Å². The third-order valence-corrected chi connectivity index (χ3v) is 3.26. The summed E-state index contributed by atoms with van der Waals surface area (Å²) in [6.45, 7) is 0.390. The van der Waals surface area contributed by atoms with Crippen LogP contribution >= 0.6 is 0 Å². The van der Waals surface area contributed by atoms with Gasteiger partial charge in [0.1, 0.15) is 0 Å². The van der Waals surface area contributed by atoms with E-state index in [1.165, 1.54) is 12.2 Å². The summed E-state index contributed by atoms with van der Waals surface area (Å²) in [6.07, 6.45) is 5.05. The molecule has 2 N–H and O–H groups in total. The van der Waals surface area contributed by atoms with Gasteiger partial charge in [-0.15, -0.1) is 0 Å². The Kier molecular flexibility index (Phi) is 10.1. The largest absolute Gasteiger partial charge is 0.396 e. The van der Waals surface area contributed by atoms with Gasteiger partial charge in [-0.3, -0.25) is 0 Å². The number of isocyanates is 2. The van der Waals surface area contributed by atoms with Crippen LogP contribution in [0.3, 0.4) is 0 Å². The Morgan fingerprint density at radius 3 is 1.48 bits per heavy atom. The third-order valence-electron chi connectivity index (χ3n) is 3.26. The number of benzene rings is 2. The van der Waals surface area contributed by atoms with Crippen molar-refractivity contribution in [2.75, 3.05) is 13.2 Å². The van der Waals surface area contributed by atoms with E-state index in [0.29, 0.717) is 17.8 Å². The monoisotopic (exact) mass is 340 g/mol. The highest BCUT2D eigenvalue weighted by molar-refractivity contribution is 5.59. The molecular formula is C19H20N2O4. The molecule has 6 heteroatoms. The maximum atomic E-state index is 10.4. The number of hydrogen-bond donors (Lipinski definition) is 2. The number of aliphatic hydroxyl groups is 2. The second-order valence-corrected chi connectivity index (χ2v) is 4.99. The average Bonchev–Trinajstić information content (AvgIpc) is 2.64. The highest BCUT2D eigenvalue weighted by Crippen LogP contribution is 2.26. The van der Waals surface area contributed by atoms with Crippen LogP contribution in [0.4, 0.5) is 11.4 Å². The molecule has 25 heavy (non-hydrogen) atoms. The first-order chi connectivity index (χ1) is 12.3. The first-order valence-corrected chi connectivity index (χ1v) is 7.80. The number of carbonyl (C=O) groups excluding carboxylic acids is 2. The molecule has 2 rings (SSSR count). The van der Waals surface area contributed by atoms with E-state index in [4.69, 9.17) is 10.2 Å². The Labute approximate surface area is 146 Å². The fraction of sp³-hybridized carbons (Fsp3) is 0.263. The normalized spacial score (nSPS) is 9.20. The highest BCUT2D eigenvalue weighted by Gasteiger charge is 2.05. The molecule has 2 aromatic carbocycles. The lowest BCUT2D eigenvalue weighted by atomic mass is 10.0. The Balaban J connectivity index is 0.000000450. The molecule has 0 aliphatic rings. The summed E-state index contributed by atoms with van der Waals surface area (Å²) in [5.41, 5.74) is 2.89. The van der Waals surface area contributed by atoms with Gasteiger partial charge in [0.15, 0.2) is 0 Å². The first kappa shape index (κ1) is 20.2. The standard InChI is InChI=1S/C15H10N2O2.C4H10O2/c18-10-16-14-7-3-1-5-12(14)9-13-6-2-4-8-15(13)17-11-19;5-3-1-2-4-6/h1-8H,9H2;5-6H,1-4H2. The van der Waals surface area contributed by atoms with Crippen LogP contribution in [0.2, 0.25) is 0 Å². The summed E-state index contributed by atoms with van der Waals surface area (Å²) < 4.78 is 0. The average molecular weight is 340 g/mol. The molecule has 0 saturated heterocycles. The van der Waals surface area contributed by atoms with Gasteiger partial charge in [-0.1, -0.05) is 36.4 Å². The number of aliphatic hydroxyl groups excluding tert-OH is 2. The van der Waals surface area contributed by atoms with Crippen LogP contribution in [0.15, 0.2) is 58.5 Å². The van der Waals surface area contributed by atoms with E-state index < -0.39 is 0 Å². The smallest absolute Gasteiger partial charge is 0.240 e. The van der Waals surface area contributed by atoms with Crippen LogP contribution in [0.5, 0.6) is 0 Å². The predicted molar refractivity (Wildman–Crippen MR) is 94.7 cm³/mol. The summed E-state index contributed by atoms with van der Waals surface area (Å²) >= 11 is 0. The molecule has 0 heterocycles. The van der Waals surface area contributed by atoms with Gasteiger partial charge in [0, 0.05) is 19.6 Å². The van der Waals surface area contributed by atoms with E-state index in [1.54, 1.807) is 24.3 Å². The number of hydrogen-bond acceptors (Lipinski definition) is 6. The van der Waals surface area contributed by atoms with Gasteiger partial charge in [0.2, 0.25) is 12.2 Å². The second kappa shape index (κ2) is 12.5. The lowest BCUT2D eigenvalue weighted by molar-refractivity contribution is 0.242. The van der Waals surface area contributed by atoms with Crippen LogP contribution in [0, 0.1) is 0 Å². The molecule has 2 aromatic rings. The van der Waals surface area contributed by atoms with Crippen LogP contribution in [-0.2, 0) is 16.0 Å². The zero-order valence-corrected chi connectivity index (χ0v) is 13.8. The quantitative estimate of drug-likeness (QED) is 0.460. The van der Waals surface area contributed by atoms with Crippen molar-refractivity contribution in [1.82, 2.24) is 0 Å². The number of rotatable bonds is 7. The first-order valence-electron chi connectivity index (χ1n) is 7.80. The van der Waals surface area contributed by atoms with Crippen molar-refractivity contribution in [2.24, 2.45) is 9.98 Å². The second-order valence-electron chi connectivity index (χ2n) is 4.99. The molecule has 0 atom stereocenters. The third kappa shape index (κ3) is 7.48. The summed E-state index contributed by atoms with van der Waals surface area (Å²) in [5, 5.41) is 16.2. The fourth-order valence-electron chi connectivity index (χ4n) is 2.07.